The third kappa shape index (κ3) is 2.70. The predicted molar refractivity (Wildman–Crippen MR) is 67.1 cm³/mol. The van der Waals surface area contributed by atoms with E-state index < -0.39 is 5.82 Å². The molecule has 0 N–H and O–H groups in total. The van der Waals surface area contributed by atoms with Crippen molar-refractivity contribution in [2.45, 2.75) is 6.92 Å². The molecule has 2 rings (SSSR count). The van der Waals surface area contributed by atoms with Gasteiger partial charge in [-0.15, -0.1) is 0 Å². The van der Waals surface area contributed by atoms with E-state index in [1.165, 1.54) is 12.1 Å². The second-order valence-electron chi connectivity index (χ2n) is 3.95. The Balaban J connectivity index is 2.30. The summed E-state index contributed by atoms with van der Waals surface area (Å²) in [6, 6.07) is 12.8. The van der Waals surface area contributed by atoms with Crippen LogP contribution in [-0.4, -0.2) is 0 Å². The van der Waals surface area contributed by atoms with Crippen molar-refractivity contribution in [2.24, 2.45) is 0 Å². The first-order chi connectivity index (χ1) is 9.13. The normalized spacial score (nSPS) is 9.47. The topological polar surface area (TPSA) is 56.8 Å². The van der Waals surface area contributed by atoms with Gasteiger partial charge in [0.1, 0.15) is 5.75 Å². The second kappa shape index (κ2) is 5.20. The van der Waals surface area contributed by atoms with Crippen molar-refractivity contribution in [1.82, 2.24) is 0 Å². The van der Waals surface area contributed by atoms with Crippen LogP contribution in [0.2, 0.25) is 0 Å². The molecule has 92 valence electrons. The van der Waals surface area contributed by atoms with E-state index in [1.807, 2.05) is 12.1 Å². The number of hydrogen-bond donors (Lipinski definition) is 0. The summed E-state index contributed by atoms with van der Waals surface area (Å²) >= 11 is 0. The highest BCUT2D eigenvalue weighted by atomic mass is 19.1. The van der Waals surface area contributed by atoms with Crippen LogP contribution in [0.4, 0.5) is 4.39 Å². The van der Waals surface area contributed by atoms with E-state index in [-0.39, 0.29) is 11.3 Å². The van der Waals surface area contributed by atoms with Crippen molar-refractivity contribution in [3.05, 3.63) is 58.9 Å². The van der Waals surface area contributed by atoms with Crippen LogP contribution in [0, 0.1) is 35.4 Å². The smallest absolute Gasteiger partial charge is 0.167 e. The molecule has 0 unspecified atom stereocenters. The van der Waals surface area contributed by atoms with Crippen molar-refractivity contribution >= 4 is 0 Å². The Morgan fingerprint density at radius 1 is 1.05 bits per heavy atom. The summed E-state index contributed by atoms with van der Waals surface area (Å²) in [4.78, 5) is 0. The molecule has 0 radical (unpaired) electrons. The summed E-state index contributed by atoms with van der Waals surface area (Å²) < 4.78 is 19.0. The molecule has 0 saturated carbocycles. The Kier molecular flexibility index (Phi) is 3.45. The highest BCUT2D eigenvalue weighted by Gasteiger charge is 2.07. The maximum Gasteiger partial charge on any atom is 0.167 e. The molecule has 2 aromatic carbocycles. The van der Waals surface area contributed by atoms with Crippen LogP contribution < -0.4 is 4.74 Å². The van der Waals surface area contributed by atoms with Gasteiger partial charge in [0, 0.05) is 0 Å². The number of aryl methyl sites for hydroxylation is 1. The van der Waals surface area contributed by atoms with Gasteiger partial charge < -0.3 is 4.74 Å². The number of nitrogens with zero attached hydrogens (tertiary/aromatic N) is 2. The molecule has 0 fully saturated rings. The van der Waals surface area contributed by atoms with Gasteiger partial charge in [0.2, 0.25) is 0 Å². The Bertz CT molecular complexity index is 711. The molecule has 2 aromatic rings. The molecule has 0 spiro atoms. The van der Waals surface area contributed by atoms with Crippen LogP contribution in [0.25, 0.3) is 0 Å². The molecule has 0 amide bonds. The maximum atomic E-state index is 13.6. The average Bonchev–Trinajstić information content (AvgIpc) is 2.41. The molecule has 3 nitrogen and oxygen atoms in total. The van der Waals surface area contributed by atoms with Crippen LogP contribution >= 0.6 is 0 Å². The number of ether oxygens (including phenoxy) is 1. The fourth-order valence-corrected chi connectivity index (χ4v) is 1.61. The van der Waals surface area contributed by atoms with Gasteiger partial charge >= 0.3 is 0 Å². The molecule has 0 aliphatic carbocycles. The van der Waals surface area contributed by atoms with Gasteiger partial charge in [-0.1, -0.05) is 0 Å². The molecule has 0 atom stereocenters. The monoisotopic (exact) mass is 252 g/mol. The third-order valence-corrected chi connectivity index (χ3v) is 2.61. The lowest BCUT2D eigenvalue weighted by Gasteiger charge is -2.08. The van der Waals surface area contributed by atoms with E-state index in [4.69, 9.17) is 15.3 Å². The zero-order chi connectivity index (χ0) is 13.8. The Morgan fingerprint density at radius 2 is 1.84 bits per heavy atom. The van der Waals surface area contributed by atoms with E-state index in [9.17, 15) is 4.39 Å². The van der Waals surface area contributed by atoms with Gasteiger partial charge in [0.05, 0.1) is 23.3 Å². The summed E-state index contributed by atoms with van der Waals surface area (Å²) in [6.07, 6.45) is 0. The number of rotatable bonds is 2. The van der Waals surface area contributed by atoms with Crippen LogP contribution in [0.3, 0.4) is 0 Å². The summed E-state index contributed by atoms with van der Waals surface area (Å²) in [5, 5.41) is 17.5. The minimum atomic E-state index is -0.596. The number of benzene rings is 2. The van der Waals surface area contributed by atoms with E-state index in [0.717, 1.165) is 11.6 Å². The summed E-state index contributed by atoms with van der Waals surface area (Å²) in [5.41, 5.74) is 1.54. The highest BCUT2D eigenvalue weighted by molar-refractivity contribution is 5.44. The van der Waals surface area contributed by atoms with E-state index in [2.05, 4.69) is 0 Å². The minimum absolute atomic E-state index is 0.0445. The Morgan fingerprint density at radius 3 is 2.42 bits per heavy atom. The largest absolute Gasteiger partial charge is 0.454 e. The third-order valence-electron chi connectivity index (χ3n) is 2.61. The molecule has 0 bridgehead atoms. The quantitative estimate of drug-likeness (QED) is 0.819. The molecule has 0 aliphatic heterocycles. The summed E-state index contributed by atoms with van der Waals surface area (Å²) in [5.74, 6) is -0.107. The summed E-state index contributed by atoms with van der Waals surface area (Å²) in [6.45, 7) is 1.78. The first-order valence-corrected chi connectivity index (χ1v) is 5.52. The van der Waals surface area contributed by atoms with Crippen molar-refractivity contribution in [2.75, 3.05) is 0 Å². The van der Waals surface area contributed by atoms with Crippen molar-refractivity contribution in [1.29, 1.82) is 10.5 Å². The molecular formula is C15H9FN2O. The van der Waals surface area contributed by atoms with E-state index >= 15 is 0 Å². The lowest BCUT2D eigenvalue weighted by Crippen LogP contribution is -1.91. The maximum absolute atomic E-state index is 13.6. The zero-order valence-electron chi connectivity index (χ0n) is 10.1. The molecule has 19 heavy (non-hydrogen) atoms. The molecule has 0 aliphatic rings. The lowest BCUT2D eigenvalue weighted by atomic mass is 10.1. The summed E-state index contributed by atoms with van der Waals surface area (Å²) in [7, 11) is 0. The van der Waals surface area contributed by atoms with Crippen LogP contribution in [-0.2, 0) is 0 Å². The standard InChI is InChI=1S/C15H9FN2O/c1-10-6-13(4-3-12(10)9-18)19-15-5-2-11(8-17)7-14(15)16/h2-7H,1H3. The number of nitriles is 2. The number of halogens is 1. The van der Waals surface area contributed by atoms with E-state index in [0.29, 0.717) is 11.3 Å². The SMILES string of the molecule is Cc1cc(Oc2ccc(C#N)cc2F)ccc1C#N. The first-order valence-electron chi connectivity index (χ1n) is 5.52. The van der Waals surface area contributed by atoms with Crippen molar-refractivity contribution in [3.8, 4) is 23.6 Å². The fraction of sp³-hybridized carbons (Fsp3) is 0.0667. The van der Waals surface area contributed by atoms with Crippen LogP contribution in [0.5, 0.6) is 11.5 Å². The molecule has 0 heterocycles. The second-order valence-corrected chi connectivity index (χ2v) is 3.95. The minimum Gasteiger partial charge on any atom is -0.454 e. The number of hydrogen-bond acceptors (Lipinski definition) is 3. The van der Waals surface area contributed by atoms with Crippen molar-refractivity contribution < 1.29 is 9.13 Å². The van der Waals surface area contributed by atoms with Gasteiger partial charge in [-0.3, -0.25) is 0 Å². The molecule has 0 saturated heterocycles. The van der Waals surface area contributed by atoms with Crippen LogP contribution in [0.15, 0.2) is 36.4 Å². The fourth-order valence-electron chi connectivity index (χ4n) is 1.61. The average molecular weight is 252 g/mol. The molecule has 4 heteroatoms. The molecule has 0 aromatic heterocycles. The lowest BCUT2D eigenvalue weighted by molar-refractivity contribution is 0.442. The molecular weight excluding hydrogens is 243 g/mol. The Hall–Kier alpha value is -2.85. The van der Waals surface area contributed by atoms with E-state index in [1.54, 1.807) is 25.1 Å². The van der Waals surface area contributed by atoms with Gasteiger partial charge in [0.15, 0.2) is 11.6 Å². The Labute approximate surface area is 110 Å². The highest BCUT2D eigenvalue weighted by Crippen LogP contribution is 2.26. The van der Waals surface area contributed by atoms with Gasteiger partial charge in [-0.25, -0.2) is 4.39 Å². The predicted octanol–water partition coefficient (Wildman–Crippen LogP) is 3.67. The van der Waals surface area contributed by atoms with Gasteiger partial charge in [-0.05, 0) is 48.9 Å². The van der Waals surface area contributed by atoms with Crippen LogP contribution in [0.1, 0.15) is 16.7 Å². The first kappa shape index (κ1) is 12.6. The van der Waals surface area contributed by atoms with Crippen molar-refractivity contribution in [3.63, 3.8) is 0 Å². The zero-order valence-corrected chi connectivity index (χ0v) is 10.1. The van der Waals surface area contributed by atoms with Gasteiger partial charge in [0.25, 0.3) is 0 Å². The van der Waals surface area contributed by atoms with Gasteiger partial charge in [-0.2, -0.15) is 10.5 Å².